The highest BCUT2D eigenvalue weighted by atomic mass is 16.5. The number of nitrogens with one attached hydrogen (secondary N) is 1. The molecule has 1 unspecified atom stereocenters. The Bertz CT molecular complexity index is 209. The van der Waals surface area contributed by atoms with Crippen molar-refractivity contribution in [3.05, 3.63) is 0 Å². The zero-order chi connectivity index (χ0) is 12.6. The predicted octanol–water partition coefficient (Wildman–Crippen LogP) is 2.27. The zero-order valence-electron chi connectivity index (χ0n) is 12.0. The van der Waals surface area contributed by atoms with Crippen LogP contribution in [0.3, 0.4) is 0 Å². The molecule has 0 saturated carbocycles. The summed E-state index contributed by atoms with van der Waals surface area (Å²) in [5.41, 5.74) is 0. The van der Waals surface area contributed by atoms with E-state index in [1.165, 1.54) is 64.7 Å². The number of hydrogen-bond donors (Lipinski definition) is 1. The molecule has 0 aromatic rings. The van der Waals surface area contributed by atoms with Crippen molar-refractivity contribution in [1.82, 2.24) is 10.2 Å². The molecular formula is C15H30N2O. The first-order valence-electron chi connectivity index (χ1n) is 7.92. The number of nitrogens with zero attached hydrogens (tertiary/aromatic N) is 1. The molecule has 3 nitrogen and oxygen atoms in total. The molecule has 2 aliphatic heterocycles. The Labute approximate surface area is 112 Å². The van der Waals surface area contributed by atoms with Gasteiger partial charge >= 0.3 is 0 Å². The molecule has 18 heavy (non-hydrogen) atoms. The van der Waals surface area contributed by atoms with Crippen molar-refractivity contribution in [1.29, 1.82) is 0 Å². The highest BCUT2D eigenvalue weighted by Crippen LogP contribution is 2.20. The van der Waals surface area contributed by atoms with Gasteiger partial charge in [-0.2, -0.15) is 0 Å². The second-order valence-electron chi connectivity index (χ2n) is 5.89. The van der Waals surface area contributed by atoms with Crippen LogP contribution < -0.4 is 5.32 Å². The van der Waals surface area contributed by atoms with Gasteiger partial charge in [0.05, 0.1) is 0 Å². The average Bonchev–Trinajstić information content (AvgIpc) is 2.68. The third kappa shape index (κ3) is 4.52. The Kier molecular flexibility index (Phi) is 6.46. The van der Waals surface area contributed by atoms with E-state index in [4.69, 9.17) is 4.74 Å². The number of ether oxygens (including phenoxy) is 1. The highest BCUT2D eigenvalue weighted by molar-refractivity contribution is 4.78. The molecule has 3 heteroatoms. The van der Waals surface area contributed by atoms with Gasteiger partial charge in [0.25, 0.3) is 0 Å². The lowest BCUT2D eigenvalue weighted by Gasteiger charge is -2.35. The zero-order valence-corrected chi connectivity index (χ0v) is 12.0. The average molecular weight is 254 g/mol. The van der Waals surface area contributed by atoms with Gasteiger partial charge < -0.3 is 15.0 Å². The first kappa shape index (κ1) is 14.3. The van der Waals surface area contributed by atoms with E-state index in [0.717, 1.165) is 25.2 Å². The van der Waals surface area contributed by atoms with E-state index in [1.54, 1.807) is 0 Å². The van der Waals surface area contributed by atoms with Gasteiger partial charge in [0.2, 0.25) is 0 Å². The third-order valence-corrected chi connectivity index (χ3v) is 4.40. The molecule has 0 radical (unpaired) electrons. The van der Waals surface area contributed by atoms with Gasteiger partial charge in [-0.1, -0.05) is 6.92 Å². The molecule has 106 valence electrons. The van der Waals surface area contributed by atoms with Crippen LogP contribution in [-0.2, 0) is 4.74 Å². The van der Waals surface area contributed by atoms with Crippen molar-refractivity contribution in [2.45, 2.75) is 51.5 Å². The third-order valence-electron chi connectivity index (χ3n) is 4.40. The molecule has 2 heterocycles. The van der Waals surface area contributed by atoms with Crippen LogP contribution in [0.15, 0.2) is 0 Å². The summed E-state index contributed by atoms with van der Waals surface area (Å²) < 4.78 is 5.61. The monoisotopic (exact) mass is 254 g/mol. The molecule has 0 aromatic heterocycles. The van der Waals surface area contributed by atoms with Crippen LogP contribution in [-0.4, -0.2) is 50.3 Å². The van der Waals surface area contributed by atoms with Gasteiger partial charge in [-0.25, -0.2) is 0 Å². The summed E-state index contributed by atoms with van der Waals surface area (Å²) >= 11 is 0. The fraction of sp³-hybridized carbons (Fsp3) is 1.00. The lowest BCUT2D eigenvalue weighted by atomic mass is 9.95. The Hall–Kier alpha value is -0.120. The van der Waals surface area contributed by atoms with Crippen LogP contribution in [0.5, 0.6) is 0 Å². The van der Waals surface area contributed by atoms with E-state index >= 15 is 0 Å². The van der Waals surface area contributed by atoms with E-state index in [1.807, 2.05) is 0 Å². The molecule has 1 atom stereocenters. The maximum Gasteiger partial charge on any atom is 0.0480 e. The van der Waals surface area contributed by atoms with Crippen molar-refractivity contribution in [3.8, 4) is 0 Å². The second-order valence-corrected chi connectivity index (χ2v) is 5.89. The smallest absolute Gasteiger partial charge is 0.0480 e. The van der Waals surface area contributed by atoms with E-state index in [0.29, 0.717) is 0 Å². The summed E-state index contributed by atoms with van der Waals surface area (Å²) in [7, 11) is 0. The maximum absolute atomic E-state index is 5.61. The topological polar surface area (TPSA) is 24.5 Å². The lowest BCUT2D eigenvalue weighted by Crippen LogP contribution is -2.42. The van der Waals surface area contributed by atoms with Crippen LogP contribution >= 0.6 is 0 Å². The van der Waals surface area contributed by atoms with Gasteiger partial charge in [0.1, 0.15) is 0 Å². The van der Waals surface area contributed by atoms with Crippen LogP contribution in [0.4, 0.5) is 0 Å². The van der Waals surface area contributed by atoms with E-state index in [9.17, 15) is 0 Å². The van der Waals surface area contributed by atoms with E-state index < -0.39 is 0 Å². The SMILES string of the molecule is CCCN(CC1CCNCC1)C1CCCOCC1. The normalized spacial score (nSPS) is 27.3. The Balaban J connectivity index is 1.84. The number of piperidine rings is 1. The number of rotatable bonds is 5. The Morgan fingerprint density at radius 2 is 1.94 bits per heavy atom. The molecule has 0 aromatic carbocycles. The second kappa shape index (κ2) is 8.13. The summed E-state index contributed by atoms with van der Waals surface area (Å²) in [4.78, 5) is 2.77. The predicted molar refractivity (Wildman–Crippen MR) is 75.9 cm³/mol. The van der Waals surface area contributed by atoms with Crippen LogP contribution in [0.2, 0.25) is 0 Å². The van der Waals surface area contributed by atoms with Crippen molar-refractivity contribution >= 4 is 0 Å². The molecule has 1 N–H and O–H groups in total. The van der Waals surface area contributed by atoms with Crippen molar-refractivity contribution < 1.29 is 4.74 Å². The molecule has 2 aliphatic rings. The molecule has 0 amide bonds. The fourth-order valence-electron chi connectivity index (χ4n) is 3.36. The minimum absolute atomic E-state index is 0.780. The van der Waals surface area contributed by atoms with Crippen molar-refractivity contribution in [2.24, 2.45) is 5.92 Å². The van der Waals surface area contributed by atoms with Crippen molar-refractivity contribution in [2.75, 3.05) is 39.4 Å². The van der Waals surface area contributed by atoms with Gasteiger partial charge in [-0.15, -0.1) is 0 Å². The van der Waals surface area contributed by atoms with Gasteiger partial charge in [0, 0.05) is 25.8 Å². The van der Waals surface area contributed by atoms with E-state index in [-0.39, 0.29) is 0 Å². The summed E-state index contributed by atoms with van der Waals surface area (Å²) in [6.45, 7) is 9.29. The maximum atomic E-state index is 5.61. The minimum atomic E-state index is 0.780. The Morgan fingerprint density at radius 1 is 1.11 bits per heavy atom. The molecular weight excluding hydrogens is 224 g/mol. The first-order chi connectivity index (χ1) is 8.90. The van der Waals surface area contributed by atoms with Crippen LogP contribution in [0.25, 0.3) is 0 Å². The molecule has 0 spiro atoms. The quantitative estimate of drug-likeness (QED) is 0.814. The molecule has 2 rings (SSSR count). The van der Waals surface area contributed by atoms with Gasteiger partial charge in [-0.05, 0) is 64.1 Å². The first-order valence-corrected chi connectivity index (χ1v) is 7.92. The molecule has 0 aliphatic carbocycles. The van der Waals surface area contributed by atoms with E-state index in [2.05, 4.69) is 17.1 Å². The molecule has 0 bridgehead atoms. The molecule has 2 saturated heterocycles. The molecule has 2 fully saturated rings. The summed E-state index contributed by atoms with van der Waals surface area (Å²) in [5.74, 6) is 0.918. The van der Waals surface area contributed by atoms with Gasteiger partial charge in [-0.3, -0.25) is 0 Å². The Morgan fingerprint density at radius 3 is 2.72 bits per heavy atom. The van der Waals surface area contributed by atoms with Gasteiger partial charge in [0.15, 0.2) is 0 Å². The minimum Gasteiger partial charge on any atom is -0.381 e. The lowest BCUT2D eigenvalue weighted by molar-refractivity contribution is 0.116. The largest absolute Gasteiger partial charge is 0.381 e. The summed E-state index contributed by atoms with van der Waals surface area (Å²) in [6.07, 6.45) is 7.84. The van der Waals surface area contributed by atoms with Crippen molar-refractivity contribution in [3.63, 3.8) is 0 Å². The fourth-order valence-corrected chi connectivity index (χ4v) is 3.36. The highest BCUT2D eigenvalue weighted by Gasteiger charge is 2.23. The summed E-state index contributed by atoms with van der Waals surface area (Å²) in [6, 6.07) is 0.780. The van der Waals surface area contributed by atoms with Crippen LogP contribution in [0, 0.1) is 5.92 Å². The van der Waals surface area contributed by atoms with Crippen LogP contribution in [0.1, 0.15) is 45.4 Å². The summed E-state index contributed by atoms with van der Waals surface area (Å²) in [5, 5.41) is 3.47. The number of hydrogen-bond acceptors (Lipinski definition) is 3. The standard InChI is InChI=1S/C15H30N2O/c1-2-10-17(13-14-5-8-16-9-6-14)15-4-3-11-18-12-7-15/h14-16H,2-13H2,1H3.